The highest BCUT2D eigenvalue weighted by Crippen LogP contribution is 2.19. The molecule has 2 aromatic carbocycles. The number of benzene rings is 2. The Morgan fingerprint density at radius 3 is 2.75 bits per heavy atom. The lowest BCUT2D eigenvalue weighted by atomic mass is 10.1. The van der Waals surface area contributed by atoms with Crippen molar-refractivity contribution in [2.24, 2.45) is 0 Å². The summed E-state index contributed by atoms with van der Waals surface area (Å²) in [7, 11) is 0. The van der Waals surface area contributed by atoms with Crippen LogP contribution in [-0.4, -0.2) is 30.1 Å². The van der Waals surface area contributed by atoms with Gasteiger partial charge >= 0.3 is 0 Å². The summed E-state index contributed by atoms with van der Waals surface area (Å²) in [6.45, 7) is 2.13. The average molecular weight is 452 g/mol. The van der Waals surface area contributed by atoms with Gasteiger partial charge in [-0.2, -0.15) is 0 Å². The molecule has 0 saturated carbocycles. The van der Waals surface area contributed by atoms with Gasteiger partial charge in [0.2, 0.25) is 5.91 Å². The van der Waals surface area contributed by atoms with Crippen LogP contribution in [0.1, 0.15) is 28.8 Å². The van der Waals surface area contributed by atoms with Gasteiger partial charge in [0.25, 0.3) is 0 Å². The molecule has 0 bridgehead atoms. The number of halogens is 1. The quantitative estimate of drug-likeness (QED) is 0.393. The number of rotatable bonds is 9. The summed E-state index contributed by atoms with van der Waals surface area (Å²) in [5, 5.41) is 1.99. The molecule has 1 aliphatic heterocycles. The molecule has 1 amide bonds. The topological polar surface area (TPSA) is 38.8 Å². The highest BCUT2D eigenvalue weighted by Gasteiger charge is 2.21. The van der Waals surface area contributed by atoms with E-state index in [0.29, 0.717) is 25.4 Å². The zero-order chi connectivity index (χ0) is 22.2. The second-order valence-corrected chi connectivity index (χ2v) is 8.74. The fourth-order valence-electron chi connectivity index (χ4n) is 3.62. The highest BCUT2D eigenvalue weighted by molar-refractivity contribution is 7.10. The van der Waals surface area contributed by atoms with Gasteiger partial charge in [-0.05, 0) is 65.8 Å². The molecule has 1 saturated heterocycles. The molecule has 0 N–H and O–H groups in total. The second kappa shape index (κ2) is 11.1. The minimum absolute atomic E-state index is 0.0275. The Labute approximate surface area is 191 Å². The van der Waals surface area contributed by atoms with Gasteiger partial charge in [-0.25, -0.2) is 4.39 Å². The second-order valence-electron chi connectivity index (χ2n) is 7.77. The van der Waals surface area contributed by atoms with Crippen molar-refractivity contribution in [3.05, 3.63) is 93.9 Å². The lowest BCUT2D eigenvalue weighted by Gasteiger charge is -2.24. The standard InChI is InChI=1S/C26H26FNO3S/c27-22-5-1-4-21(16-22)19-31-23-10-8-20(9-11-23)17-28(18-24-6-2-14-30-24)26(29)13-12-25-7-3-15-32-25/h1,3-5,7-13,15-16,24H,2,6,14,17-19H2. The van der Waals surface area contributed by atoms with Crippen LogP contribution >= 0.6 is 11.3 Å². The minimum atomic E-state index is -0.273. The Morgan fingerprint density at radius 2 is 2.03 bits per heavy atom. The van der Waals surface area contributed by atoms with Gasteiger partial charge < -0.3 is 14.4 Å². The molecular formula is C26H26FNO3S. The van der Waals surface area contributed by atoms with E-state index in [1.165, 1.54) is 12.1 Å². The van der Waals surface area contributed by atoms with E-state index in [9.17, 15) is 9.18 Å². The van der Waals surface area contributed by atoms with Gasteiger partial charge in [-0.15, -0.1) is 11.3 Å². The van der Waals surface area contributed by atoms with Crippen molar-refractivity contribution in [3.8, 4) is 5.75 Å². The summed E-state index contributed by atoms with van der Waals surface area (Å²) in [4.78, 5) is 15.8. The maximum atomic E-state index is 13.3. The van der Waals surface area contributed by atoms with E-state index in [1.807, 2.05) is 58.8 Å². The number of nitrogens with zero attached hydrogens (tertiary/aromatic N) is 1. The van der Waals surface area contributed by atoms with Crippen LogP contribution in [0.15, 0.2) is 72.1 Å². The van der Waals surface area contributed by atoms with Crippen molar-refractivity contribution in [3.63, 3.8) is 0 Å². The molecule has 2 heterocycles. The first-order valence-electron chi connectivity index (χ1n) is 10.7. The molecule has 6 heteroatoms. The van der Waals surface area contributed by atoms with E-state index in [2.05, 4.69) is 0 Å². The Balaban J connectivity index is 1.38. The van der Waals surface area contributed by atoms with E-state index < -0.39 is 0 Å². The highest BCUT2D eigenvalue weighted by atomic mass is 32.1. The minimum Gasteiger partial charge on any atom is -0.489 e. The predicted octanol–water partition coefficient (Wildman–Crippen LogP) is 5.69. The first-order valence-corrected chi connectivity index (χ1v) is 11.6. The molecule has 166 valence electrons. The molecule has 3 aromatic rings. The Bertz CT molecular complexity index is 1030. The van der Waals surface area contributed by atoms with E-state index in [4.69, 9.17) is 9.47 Å². The largest absolute Gasteiger partial charge is 0.489 e. The Kier molecular flexibility index (Phi) is 7.69. The molecule has 1 atom stereocenters. The van der Waals surface area contributed by atoms with Gasteiger partial charge in [-0.1, -0.05) is 30.3 Å². The van der Waals surface area contributed by atoms with Crippen molar-refractivity contribution in [1.82, 2.24) is 4.90 Å². The van der Waals surface area contributed by atoms with Gasteiger partial charge in [0.05, 0.1) is 6.10 Å². The molecule has 1 aliphatic rings. The molecule has 0 spiro atoms. The third-order valence-corrected chi connectivity index (χ3v) is 6.12. The van der Waals surface area contributed by atoms with Crippen molar-refractivity contribution in [2.45, 2.75) is 32.1 Å². The molecule has 1 unspecified atom stereocenters. The fourth-order valence-corrected chi connectivity index (χ4v) is 4.23. The fraction of sp³-hybridized carbons (Fsp3) is 0.269. The zero-order valence-corrected chi connectivity index (χ0v) is 18.6. The predicted molar refractivity (Wildman–Crippen MR) is 125 cm³/mol. The van der Waals surface area contributed by atoms with Crippen LogP contribution in [0.3, 0.4) is 0 Å². The number of ether oxygens (including phenoxy) is 2. The number of hydrogen-bond donors (Lipinski definition) is 0. The number of carbonyl (C=O) groups excluding carboxylic acids is 1. The number of hydrogen-bond acceptors (Lipinski definition) is 4. The van der Waals surface area contributed by atoms with Crippen molar-refractivity contribution in [1.29, 1.82) is 0 Å². The number of thiophene rings is 1. The van der Waals surface area contributed by atoms with Gasteiger partial charge in [-0.3, -0.25) is 4.79 Å². The van der Waals surface area contributed by atoms with Crippen LogP contribution in [0.2, 0.25) is 0 Å². The monoisotopic (exact) mass is 451 g/mol. The summed E-state index contributed by atoms with van der Waals surface area (Å²) >= 11 is 1.60. The average Bonchev–Trinajstić information content (AvgIpc) is 3.51. The lowest BCUT2D eigenvalue weighted by Crippen LogP contribution is -2.35. The lowest BCUT2D eigenvalue weighted by molar-refractivity contribution is -0.128. The van der Waals surface area contributed by atoms with Crippen molar-refractivity contribution < 1.29 is 18.7 Å². The Morgan fingerprint density at radius 1 is 1.16 bits per heavy atom. The van der Waals surface area contributed by atoms with Crippen LogP contribution in [0.25, 0.3) is 6.08 Å². The smallest absolute Gasteiger partial charge is 0.246 e. The van der Waals surface area contributed by atoms with Gasteiger partial charge in [0.1, 0.15) is 18.2 Å². The van der Waals surface area contributed by atoms with E-state index in [1.54, 1.807) is 23.5 Å². The van der Waals surface area contributed by atoms with E-state index in [0.717, 1.165) is 35.5 Å². The molecule has 0 aliphatic carbocycles. The van der Waals surface area contributed by atoms with Crippen molar-refractivity contribution >= 4 is 23.3 Å². The van der Waals surface area contributed by atoms with Gasteiger partial charge in [0, 0.05) is 30.6 Å². The summed E-state index contributed by atoms with van der Waals surface area (Å²) in [5.41, 5.74) is 1.79. The molecule has 4 nitrogen and oxygen atoms in total. The van der Waals surface area contributed by atoms with E-state index in [-0.39, 0.29) is 17.8 Å². The summed E-state index contributed by atoms with van der Waals surface area (Å²) in [6.07, 6.45) is 5.60. The number of amides is 1. The summed E-state index contributed by atoms with van der Waals surface area (Å²) in [5.74, 6) is 0.401. The molecule has 1 fully saturated rings. The molecule has 4 rings (SSSR count). The first-order chi connectivity index (χ1) is 15.7. The maximum Gasteiger partial charge on any atom is 0.246 e. The van der Waals surface area contributed by atoms with Crippen LogP contribution in [0, 0.1) is 5.82 Å². The normalized spacial score (nSPS) is 15.8. The number of carbonyl (C=O) groups is 1. The summed E-state index contributed by atoms with van der Waals surface area (Å²) in [6, 6.07) is 18.0. The SMILES string of the molecule is O=C(C=Cc1cccs1)N(Cc1ccc(OCc2cccc(F)c2)cc1)CC1CCCO1. The van der Waals surface area contributed by atoms with Crippen LogP contribution in [-0.2, 0) is 22.7 Å². The molecule has 0 radical (unpaired) electrons. The third-order valence-electron chi connectivity index (χ3n) is 5.28. The molecule has 1 aromatic heterocycles. The maximum absolute atomic E-state index is 13.3. The zero-order valence-electron chi connectivity index (χ0n) is 17.8. The van der Waals surface area contributed by atoms with E-state index >= 15 is 0 Å². The first kappa shape index (κ1) is 22.2. The summed E-state index contributed by atoms with van der Waals surface area (Å²) < 4.78 is 24.8. The van der Waals surface area contributed by atoms with Crippen LogP contribution in [0.4, 0.5) is 4.39 Å². The van der Waals surface area contributed by atoms with Crippen LogP contribution < -0.4 is 4.74 Å². The molecule has 32 heavy (non-hydrogen) atoms. The Hall–Kier alpha value is -2.96. The third kappa shape index (κ3) is 6.52. The van der Waals surface area contributed by atoms with Gasteiger partial charge in [0.15, 0.2) is 0 Å². The van der Waals surface area contributed by atoms with Crippen LogP contribution in [0.5, 0.6) is 5.75 Å². The van der Waals surface area contributed by atoms with Crippen molar-refractivity contribution in [2.75, 3.05) is 13.2 Å². The molecular weight excluding hydrogens is 425 g/mol.